The summed E-state index contributed by atoms with van der Waals surface area (Å²) in [6.45, 7) is 1.90. The number of rotatable bonds is 3. The Hall–Kier alpha value is -1.91. The van der Waals surface area contributed by atoms with E-state index in [0.717, 1.165) is 27.6 Å². The van der Waals surface area contributed by atoms with Gasteiger partial charge in [-0.1, -0.05) is 35.9 Å². The van der Waals surface area contributed by atoms with Gasteiger partial charge in [-0.3, -0.25) is 9.67 Å². The van der Waals surface area contributed by atoms with Gasteiger partial charge in [0.25, 0.3) is 0 Å². The van der Waals surface area contributed by atoms with Gasteiger partial charge in [0.2, 0.25) is 0 Å². The molecule has 1 atom stereocenters. The molecule has 0 radical (unpaired) electrons. The van der Waals surface area contributed by atoms with Crippen molar-refractivity contribution in [3.05, 3.63) is 58.6 Å². The highest BCUT2D eigenvalue weighted by atomic mass is 35.5. The maximum Gasteiger partial charge on any atom is 0.130 e. The van der Waals surface area contributed by atoms with Crippen LogP contribution in [0.1, 0.15) is 22.9 Å². The van der Waals surface area contributed by atoms with Crippen LogP contribution in [0.25, 0.3) is 10.8 Å². The van der Waals surface area contributed by atoms with Crippen LogP contribution in [-0.4, -0.2) is 19.9 Å². The normalized spacial score (nSPS) is 12.8. The molecule has 0 aliphatic rings. The summed E-state index contributed by atoms with van der Waals surface area (Å²) in [5, 5.41) is 17.5. The van der Waals surface area contributed by atoms with E-state index in [9.17, 15) is 5.11 Å². The van der Waals surface area contributed by atoms with E-state index in [-0.39, 0.29) is 0 Å². The third-order valence-corrected chi connectivity index (χ3v) is 4.20. The van der Waals surface area contributed by atoms with Crippen LogP contribution in [-0.2, 0) is 13.5 Å². The Morgan fingerprint density at radius 2 is 2.05 bits per heavy atom. The third kappa shape index (κ3) is 2.52. The first kappa shape index (κ1) is 14.0. The number of fused-ring (bicyclic) bond motifs is 1. The Labute approximate surface area is 128 Å². The van der Waals surface area contributed by atoms with Gasteiger partial charge in [0.1, 0.15) is 5.15 Å². The quantitative estimate of drug-likeness (QED) is 0.808. The number of aliphatic hydroxyl groups is 1. The highest BCUT2D eigenvalue weighted by Crippen LogP contribution is 2.29. The lowest BCUT2D eigenvalue weighted by Crippen LogP contribution is -2.04. The summed E-state index contributed by atoms with van der Waals surface area (Å²) < 4.78 is 1.63. The molecule has 2 aromatic heterocycles. The van der Waals surface area contributed by atoms with Crippen molar-refractivity contribution in [2.45, 2.75) is 19.4 Å². The number of hydrogen-bond donors (Lipinski definition) is 1. The second kappa shape index (κ2) is 5.47. The largest absolute Gasteiger partial charge is 0.388 e. The number of aryl methyl sites for hydroxylation is 2. The molecule has 0 aliphatic carbocycles. The topological polar surface area (TPSA) is 50.9 Å². The van der Waals surface area contributed by atoms with Crippen molar-refractivity contribution in [3.63, 3.8) is 0 Å². The minimum atomic E-state index is -0.663. The fourth-order valence-corrected chi connectivity index (χ4v) is 2.87. The molecule has 0 bridgehead atoms. The van der Waals surface area contributed by atoms with Crippen LogP contribution >= 0.6 is 11.6 Å². The summed E-state index contributed by atoms with van der Waals surface area (Å²) in [4.78, 5) is 4.21. The lowest BCUT2D eigenvalue weighted by atomic mass is 9.99. The predicted octanol–water partition coefficient (Wildman–Crippen LogP) is 3.21. The first-order valence-electron chi connectivity index (χ1n) is 6.76. The molecule has 1 unspecified atom stereocenters. The fraction of sp³-hybridized carbons (Fsp3) is 0.250. The van der Waals surface area contributed by atoms with Crippen LogP contribution in [0.5, 0.6) is 0 Å². The number of pyridine rings is 1. The Bertz CT molecular complexity index is 792. The van der Waals surface area contributed by atoms with Crippen LogP contribution in [0.2, 0.25) is 5.15 Å². The highest BCUT2D eigenvalue weighted by molar-refractivity contribution is 6.30. The van der Waals surface area contributed by atoms with Crippen LogP contribution in [0.15, 0.2) is 36.7 Å². The lowest BCUT2D eigenvalue weighted by Gasteiger charge is -2.13. The van der Waals surface area contributed by atoms with Crippen molar-refractivity contribution < 1.29 is 5.11 Å². The summed E-state index contributed by atoms with van der Waals surface area (Å²) in [6.07, 6.45) is 3.28. The van der Waals surface area contributed by atoms with Gasteiger partial charge in [0.15, 0.2) is 0 Å². The standard InChI is InChI=1S/C16H16ClN3O/c1-10-13(16(17)20(2)19-10)7-15(21)14-9-18-8-11-5-3-4-6-12(11)14/h3-6,8-9,15,21H,7H2,1-2H3. The Balaban J connectivity index is 1.99. The van der Waals surface area contributed by atoms with E-state index in [2.05, 4.69) is 10.1 Å². The second-order valence-corrected chi connectivity index (χ2v) is 5.51. The summed E-state index contributed by atoms with van der Waals surface area (Å²) in [5.41, 5.74) is 2.53. The molecule has 3 aromatic rings. The molecule has 1 aromatic carbocycles. The molecule has 0 amide bonds. The molecule has 0 saturated heterocycles. The zero-order chi connectivity index (χ0) is 15.0. The van der Waals surface area contributed by atoms with Crippen LogP contribution in [0.3, 0.4) is 0 Å². The maximum atomic E-state index is 10.6. The molecule has 0 aliphatic heterocycles. The average molecular weight is 302 g/mol. The molecule has 4 nitrogen and oxygen atoms in total. The molecule has 1 N–H and O–H groups in total. The van der Waals surface area contributed by atoms with E-state index < -0.39 is 6.10 Å². The van der Waals surface area contributed by atoms with Crippen molar-refractivity contribution in [3.8, 4) is 0 Å². The second-order valence-electron chi connectivity index (χ2n) is 5.15. The van der Waals surface area contributed by atoms with Gasteiger partial charge in [0.05, 0.1) is 11.8 Å². The molecule has 108 valence electrons. The van der Waals surface area contributed by atoms with Crippen molar-refractivity contribution in [1.82, 2.24) is 14.8 Å². The smallest absolute Gasteiger partial charge is 0.130 e. The van der Waals surface area contributed by atoms with Crippen LogP contribution in [0, 0.1) is 6.92 Å². The van der Waals surface area contributed by atoms with Gasteiger partial charge in [-0.25, -0.2) is 0 Å². The minimum Gasteiger partial charge on any atom is -0.388 e. The van der Waals surface area contributed by atoms with E-state index >= 15 is 0 Å². The van der Waals surface area contributed by atoms with Gasteiger partial charge in [-0.15, -0.1) is 0 Å². The van der Waals surface area contributed by atoms with E-state index in [1.54, 1.807) is 24.1 Å². The molecule has 0 saturated carbocycles. The maximum absolute atomic E-state index is 10.6. The van der Waals surface area contributed by atoms with Gasteiger partial charge in [-0.2, -0.15) is 5.10 Å². The van der Waals surface area contributed by atoms with Crippen molar-refractivity contribution in [2.24, 2.45) is 7.05 Å². The van der Waals surface area contributed by atoms with Crippen LogP contribution in [0.4, 0.5) is 0 Å². The third-order valence-electron chi connectivity index (χ3n) is 3.73. The number of aromatic nitrogens is 3. The van der Waals surface area contributed by atoms with Crippen molar-refractivity contribution >= 4 is 22.4 Å². The van der Waals surface area contributed by atoms with E-state index in [1.807, 2.05) is 31.2 Å². The highest BCUT2D eigenvalue weighted by Gasteiger charge is 2.18. The van der Waals surface area contributed by atoms with E-state index in [4.69, 9.17) is 11.6 Å². The predicted molar refractivity (Wildman–Crippen MR) is 83.4 cm³/mol. The first-order valence-corrected chi connectivity index (χ1v) is 7.14. The van der Waals surface area contributed by atoms with Gasteiger partial charge >= 0.3 is 0 Å². The summed E-state index contributed by atoms with van der Waals surface area (Å²) in [5.74, 6) is 0. The summed E-state index contributed by atoms with van der Waals surface area (Å²) >= 11 is 6.24. The lowest BCUT2D eigenvalue weighted by molar-refractivity contribution is 0.179. The number of hydrogen-bond acceptors (Lipinski definition) is 3. The van der Waals surface area contributed by atoms with Gasteiger partial charge in [0, 0.05) is 42.4 Å². The minimum absolute atomic E-state index is 0.425. The summed E-state index contributed by atoms with van der Waals surface area (Å²) in [6, 6.07) is 7.90. The molecule has 0 spiro atoms. The number of nitrogens with zero attached hydrogens (tertiary/aromatic N) is 3. The van der Waals surface area contributed by atoms with E-state index in [1.165, 1.54) is 0 Å². The van der Waals surface area contributed by atoms with Crippen LogP contribution < -0.4 is 0 Å². The Kier molecular flexibility index (Phi) is 3.66. The average Bonchev–Trinajstić information content (AvgIpc) is 2.73. The molecule has 21 heavy (non-hydrogen) atoms. The molecular weight excluding hydrogens is 286 g/mol. The monoisotopic (exact) mass is 301 g/mol. The fourth-order valence-electron chi connectivity index (χ4n) is 2.61. The number of benzene rings is 1. The Morgan fingerprint density at radius 1 is 1.29 bits per heavy atom. The zero-order valence-corrected chi connectivity index (χ0v) is 12.7. The van der Waals surface area contributed by atoms with Gasteiger partial charge in [-0.05, 0) is 12.3 Å². The molecular formula is C16H16ClN3O. The van der Waals surface area contributed by atoms with Crippen molar-refractivity contribution in [1.29, 1.82) is 0 Å². The van der Waals surface area contributed by atoms with E-state index in [0.29, 0.717) is 11.6 Å². The zero-order valence-electron chi connectivity index (χ0n) is 11.9. The SMILES string of the molecule is Cc1nn(C)c(Cl)c1CC(O)c1cncc2ccccc12. The molecule has 0 fully saturated rings. The molecule has 5 heteroatoms. The Morgan fingerprint density at radius 3 is 2.76 bits per heavy atom. The van der Waals surface area contributed by atoms with Gasteiger partial charge < -0.3 is 5.11 Å². The molecule has 3 rings (SSSR count). The first-order chi connectivity index (χ1) is 10.1. The number of halogens is 1. The molecule has 2 heterocycles. The summed E-state index contributed by atoms with van der Waals surface area (Å²) in [7, 11) is 1.80. The van der Waals surface area contributed by atoms with Crippen molar-refractivity contribution in [2.75, 3.05) is 0 Å². The number of aliphatic hydroxyl groups excluding tert-OH is 1.